The van der Waals surface area contributed by atoms with Gasteiger partial charge >= 0.3 is 0 Å². The number of nitrogens with one attached hydrogen (secondary N) is 2. The number of carbonyl (C=O) groups is 1. The number of carbonyl (C=O) groups excluding carboxylic acids is 1. The Morgan fingerprint density at radius 2 is 2.06 bits per heavy atom. The fourth-order valence-electron chi connectivity index (χ4n) is 6.11. The third kappa shape index (κ3) is 3.61. The zero-order chi connectivity index (χ0) is 24.0. The van der Waals surface area contributed by atoms with E-state index < -0.39 is 11.2 Å². The molecule has 0 aliphatic heterocycles. The summed E-state index contributed by atoms with van der Waals surface area (Å²) in [5.74, 6) is 0.554. The largest absolute Gasteiger partial charge is 0.387 e. The van der Waals surface area contributed by atoms with Gasteiger partial charge in [-0.15, -0.1) is 11.3 Å². The first-order valence-electron chi connectivity index (χ1n) is 11.7. The molecule has 1 aromatic carbocycles. The number of thiazole rings is 1. The average Bonchev–Trinajstić information content (AvgIpc) is 3.39. The molecule has 34 heavy (non-hydrogen) atoms. The normalized spacial score (nSPS) is 30.2. The Bertz CT molecular complexity index is 1180. The van der Waals surface area contributed by atoms with Gasteiger partial charge in [-0.05, 0) is 80.3 Å². The van der Waals surface area contributed by atoms with E-state index in [1.54, 1.807) is 25.4 Å². The molecule has 7 nitrogen and oxygen atoms in total. The molecule has 0 saturated heterocycles. The third-order valence-corrected chi connectivity index (χ3v) is 8.85. The first-order chi connectivity index (χ1) is 16.3. The number of hydrazine groups is 1. The molecule has 5 rings (SSSR count). The second-order valence-corrected chi connectivity index (χ2v) is 10.7. The third-order valence-electron chi connectivity index (χ3n) is 7.93. The van der Waals surface area contributed by atoms with Gasteiger partial charge in [0.2, 0.25) is 0 Å². The molecule has 1 saturated carbocycles. The zero-order valence-corrected chi connectivity index (χ0v) is 20.2. The van der Waals surface area contributed by atoms with Crippen molar-refractivity contribution in [3.8, 4) is 0 Å². The summed E-state index contributed by atoms with van der Waals surface area (Å²) < 4.78 is 0. The number of amides is 1. The van der Waals surface area contributed by atoms with Gasteiger partial charge in [-0.1, -0.05) is 19.1 Å². The average molecular weight is 479 g/mol. The Morgan fingerprint density at radius 1 is 1.21 bits per heavy atom. The Kier molecular flexibility index (Phi) is 5.70. The van der Waals surface area contributed by atoms with Crippen LogP contribution in [-0.2, 0) is 17.4 Å². The van der Waals surface area contributed by atoms with Crippen molar-refractivity contribution in [1.82, 2.24) is 15.4 Å². The van der Waals surface area contributed by atoms with Gasteiger partial charge in [-0.3, -0.25) is 15.6 Å². The summed E-state index contributed by atoms with van der Waals surface area (Å²) in [6.07, 6.45) is 6.81. The lowest BCUT2D eigenvalue weighted by Crippen LogP contribution is -2.62. The molecule has 4 atom stereocenters. The number of rotatable bonds is 5. The van der Waals surface area contributed by atoms with E-state index >= 15 is 0 Å². The van der Waals surface area contributed by atoms with Crippen LogP contribution in [0.5, 0.6) is 0 Å². The van der Waals surface area contributed by atoms with Crippen molar-refractivity contribution in [2.45, 2.75) is 62.6 Å². The number of anilines is 1. The van der Waals surface area contributed by atoms with Crippen LogP contribution < -0.4 is 10.9 Å². The molecule has 3 aromatic rings. The van der Waals surface area contributed by atoms with Gasteiger partial charge in [0, 0.05) is 28.8 Å². The van der Waals surface area contributed by atoms with E-state index in [4.69, 9.17) is 0 Å². The molecule has 4 unspecified atom stereocenters. The maximum Gasteiger partial charge on any atom is 0.269 e. The van der Waals surface area contributed by atoms with Crippen LogP contribution in [0.2, 0.25) is 0 Å². The topological polar surface area (TPSA) is 107 Å². The van der Waals surface area contributed by atoms with E-state index in [9.17, 15) is 15.0 Å². The number of pyridine rings is 1. The quantitative estimate of drug-likeness (QED) is 0.414. The predicted octanol–water partition coefficient (Wildman–Crippen LogP) is 3.94. The van der Waals surface area contributed by atoms with E-state index in [0.717, 1.165) is 24.8 Å². The maximum absolute atomic E-state index is 12.8. The molecule has 1 amide bonds. The molecule has 2 aliphatic carbocycles. The lowest BCUT2D eigenvalue weighted by molar-refractivity contribution is -0.205. The van der Waals surface area contributed by atoms with Gasteiger partial charge in [-0.2, -0.15) is 0 Å². The Morgan fingerprint density at radius 3 is 2.76 bits per heavy atom. The molecule has 2 aliphatic rings. The summed E-state index contributed by atoms with van der Waals surface area (Å²) in [6.45, 7) is 3.89. The fraction of sp³-hybridized carbons (Fsp3) is 0.423. The van der Waals surface area contributed by atoms with Crippen LogP contribution in [0.1, 0.15) is 66.0 Å². The second-order valence-electron chi connectivity index (χ2n) is 9.76. The summed E-state index contributed by atoms with van der Waals surface area (Å²) in [5.41, 5.74) is 5.50. The monoisotopic (exact) mass is 478 g/mol. The van der Waals surface area contributed by atoms with E-state index in [1.807, 2.05) is 35.7 Å². The van der Waals surface area contributed by atoms with Gasteiger partial charge in [-0.25, -0.2) is 9.97 Å². The number of benzene rings is 1. The van der Waals surface area contributed by atoms with Gasteiger partial charge in [0.25, 0.3) is 5.91 Å². The van der Waals surface area contributed by atoms with E-state index in [1.165, 1.54) is 16.9 Å². The van der Waals surface area contributed by atoms with E-state index in [0.29, 0.717) is 29.2 Å². The molecule has 0 spiro atoms. The van der Waals surface area contributed by atoms with Crippen molar-refractivity contribution in [2.24, 2.45) is 5.92 Å². The number of nitrogens with zero attached hydrogens (tertiary/aromatic N) is 2. The van der Waals surface area contributed by atoms with Crippen LogP contribution in [0.3, 0.4) is 0 Å². The minimum absolute atomic E-state index is 0.213. The lowest BCUT2D eigenvalue weighted by Gasteiger charge is -2.58. The Labute approximate surface area is 203 Å². The standard InChI is InChI=1S/C26H30N4O3S/c1-3-25-16-24(2,32)26(33,23-28-12-13-34-23)15-19(25)9-7-17-14-18(8-10-20(17)25)22(31)30-29-21-6-4-5-11-27-21/h4-6,8,10-14,19,32-33H,3,7,9,15-16H2,1-2H3,(H,27,29)(H,30,31). The van der Waals surface area contributed by atoms with Crippen molar-refractivity contribution in [3.63, 3.8) is 0 Å². The molecule has 4 N–H and O–H groups in total. The summed E-state index contributed by atoms with van der Waals surface area (Å²) in [5, 5.41) is 25.7. The number of aryl methyl sites for hydroxylation is 1. The van der Waals surface area contributed by atoms with E-state index in [2.05, 4.69) is 27.7 Å². The lowest BCUT2D eigenvalue weighted by atomic mass is 9.49. The van der Waals surface area contributed by atoms with Crippen LogP contribution >= 0.6 is 11.3 Å². The Balaban J connectivity index is 1.43. The van der Waals surface area contributed by atoms with Crippen LogP contribution in [0, 0.1) is 5.92 Å². The first-order valence-corrected chi connectivity index (χ1v) is 12.6. The summed E-state index contributed by atoms with van der Waals surface area (Å²) in [4.78, 5) is 21.3. The van der Waals surface area contributed by atoms with Crippen molar-refractivity contribution in [3.05, 3.63) is 75.9 Å². The zero-order valence-electron chi connectivity index (χ0n) is 19.4. The van der Waals surface area contributed by atoms with Crippen LogP contribution in [0.25, 0.3) is 0 Å². The summed E-state index contributed by atoms with van der Waals surface area (Å²) in [6, 6.07) is 11.3. The fourth-order valence-corrected chi connectivity index (χ4v) is 6.98. The number of hydrogen-bond donors (Lipinski definition) is 4. The van der Waals surface area contributed by atoms with Gasteiger partial charge < -0.3 is 10.2 Å². The second kappa shape index (κ2) is 8.45. The van der Waals surface area contributed by atoms with Gasteiger partial charge in [0.05, 0.1) is 5.60 Å². The highest BCUT2D eigenvalue weighted by Crippen LogP contribution is 2.60. The number of fused-ring (bicyclic) bond motifs is 3. The molecule has 8 heteroatoms. The van der Waals surface area contributed by atoms with Crippen molar-refractivity contribution in [1.29, 1.82) is 0 Å². The molecular weight excluding hydrogens is 448 g/mol. The Hall–Kier alpha value is -2.81. The van der Waals surface area contributed by atoms with Crippen LogP contribution in [0.15, 0.2) is 54.2 Å². The summed E-state index contributed by atoms with van der Waals surface area (Å²) >= 11 is 1.39. The van der Waals surface area contributed by atoms with Gasteiger partial charge in [0.15, 0.2) is 0 Å². The minimum Gasteiger partial charge on any atom is -0.387 e. The van der Waals surface area contributed by atoms with Crippen LogP contribution in [0.4, 0.5) is 5.82 Å². The summed E-state index contributed by atoms with van der Waals surface area (Å²) in [7, 11) is 0. The highest BCUT2D eigenvalue weighted by atomic mass is 32.1. The van der Waals surface area contributed by atoms with Crippen molar-refractivity contribution >= 4 is 23.1 Å². The first kappa shape index (κ1) is 23.0. The van der Waals surface area contributed by atoms with Crippen molar-refractivity contribution in [2.75, 3.05) is 5.43 Å². The number of aliphatic hydroxyl groups is 2. The van der Waals surface area contributed by atoms with Crippen LogP contribution in [-0.4, -0.2) is 31.7 Å². The number of aromatic nitrogens is 2. The predicted molar refractivity (Wildman–Crippen MR) is 131 cm³/mol. The molecule has 178 valence electrons. The molecular formula is C26H30N4O3S. The SMILES string of the molecule is CCC12CC(C)(O)C(O)(c3nccs3)CC1CCc1cc(C(=O)NNc3ccccn3)ccc12. The smallest absolute Gasteiger partial charge is 0.269 e. The molecule has 0 radical (unpaired) electrons. The van der Waals surface area contributed by atoms with E-state index in [-0.39, 0.29) is 17.2 Å². The molecule has 2 aromatic heterocycles. The van der Waals surface area contributed by atoms with Crippen molar-refractivity contribution < 1.29 is 15.0 Å². The van der Waals surface area contributed by atoms with Gasteiger partial charge in [0.1, 0.15) is 16.4 Å². The highest BCUT2D eigenvalue weighted by Gasteiger charge is 2.61. The molecule has 2 heterocycles. The highest BCUT2D eigenvalue weighted by molar-refractivity contribution is 7.09. The molecule has 1 fully saturated rings. The maximum atomic E-state index is 12.8. The number of hydrogen-bond acceptors (Lipinski definition) is 7. The minimum atomic E-state index is -1.36. The molecule has 0 bridgehead atoms.